The quantitative estimate of drug-likeness (QED) is 0.771. The van der Waals surface area contributed by atoms with Gasteiger partial charge in [0.15, 0.2) is 0 Å². The molecule has 7 heteroatoms. The molecule has 0 bridgehead atoms. The number of halogens is 1. The van der Waals surface area contributed by atoms with Crippen LogP contribution in [-0.4, -0.2) is 36.1 Å². The van der Waals surface area contributed by atoms with Crippen LogP contribution in [0.4, 0.5) is 0 Å². The van der Waals surface area contributed by atoms with Crippen molar-refractivity contribution in [1.82, 2.24) is 5.32 Å². The molecule has 130 valence electrons. The fourth-order valence-corrected chi connectivity index (χ4v) is 2.33. The summed E-state index contributed by atoms with van der Waals surface area (Å²) in [6.45, 7) is 0. The first-order valence-electron chi connectivity index (χ1n) is 7.37. The van der Waals surface area contributed by atoms with Crippen molar-refractivity contribution in [2.45, 2.75) is 12.5 Å². The lowest BCUT2D eigenvalue weighted by molar-refractivity contribution is -0.139. The maximum atomic E-state index is 12.3. The van der Waals surface area contributed by atoms with Crippen LogP contribution in [-0.2, 0) is 16.0 Å². The number of hydrogen-bond acceptors (Lipinski definition) is 4. The fourth-order valence-electron chi connectivity index (χ4n) is 2.20. The summed E-state index contributed by atoms with van der Waals surface area (Å²) in [4.78, 5) is 35.3. The van der Waals surface area contributed by atoms with E-state index in [1.54, 1.807) is 24.3 Å². The Labute approximate surface area is 149 Å². The smallest absolute Gasteiger partial charge is 0.337 e. The van der Waals surface area contributed by atoms with Gasteiger partial charge < -0.3 is 15.2 Å². The zero-order valence-electron chi connectivity index (χ0n) is 13.4. The van der Waals surface area contributed by atoms with Crippen molar-refractivity contribution in [1.29, 1.82) is 0 Å². The largest absolute Gasteiger partial charge is 0.480 e. The molecule has 0 unspecified atom stereocenters. The van der Waals surface area contributed by atoms with Crippen molar-refractivity contribution >= 4 is 29.4 Å². The van der Waals surface area contributed by atoms with Gasteiger partial charge >= 0.3 is 11.9 Å². The monoisotopic (exact) mass is 361 g/mol. The summed E-state index contributed by atoms with van der Waals surface area (Å²) in [6, 6.07) is 11.4. The lowest BCUT2D eigenvalue weighted by atomic mass is 10.0. The zero-order valence-corrected chi connectivity index (χ0v) is 14.1. The molecule has 0 aromatic heterocycles. The van der Waals surface area contributed by atoms with Gasteiger partial charge in [-0.3, -0.25) is 4.79 Å². The molecule has 0 saturated carbocycles. The van der Waals surface area contributed by atoms with Crippen LogP contribution in [0.2, 0.25) is 5.02 Å². The molecule has 0 heterocycles. The predicted octanol–water partition coefficient (Wildman–Crippen LogP) is 2.55. The highest BCUT2D eigenvalue weighted by Gasteiger charge is 2.21. The molecule has 1 atom stereocenters. The average Bonchev–Trinajstić information content (AvgIpc) is 2.62. The third-order valence-electron chi connectivity index (χ3n) is 3.50. The fraction of sp³-hybridized carbons (Fsp3) is 0.167. The molecule has 2 aromatic rings. The Morgan fingerprint density at radius 3 is 2.36 bits per heavy atom. The molecular weight excluding hydrogens is 346 g/mol. The summed E-state index contributed by atoms with van der Waals surface area (Å²) in [6.07, 6.45) is 0.106. The second-order valence-corrected chi connectivity index (χ2v) is 5.70. The van der Waals surface area contributed by atoms with E-state index < -0.39 is 23.9 Å². The summed E-state index contributed by atoms with van der Waals surface area (Å²) in [7, 11) is 1.24. The first-order valence-corrected chi connectivity index (χ1v) is 7.75. The number of esters is 1. The van der Waals surface area contributed by atoms with Crippen LogP contribution in [0.3, 0.4) is 0 Å². The highest BCUT2D eigenvalue weighted by molar-refractivity contribution is 6.30. The molecule has 2 N–H and O–H groups in total. The van der Waals surface area contributed by atoms with Gasteiger partial charge in [0.1, 0.15) is 6.04 Å². The molecule has 1 amide bonds. The molecule has 2 aromatic carbocycles. The molecule has 0 fully saturated rings. The number of carbonyl (C=O) groups excluding carboxylic acids is 2. The Hall–Kier alpha value is -2.86. The van der Waals surface area contributed by atoms with Crippen LogP contribution in [0.15, 0.2) is 48.5 Å². The number of ether oxygens (including phenoxy) is 1. The number of hydrogen-bond donors (Lipinski definition) is 2. The minimum atomic E-state index is -1.16. The van der Waals surface area contributed by atoms with E-state index in [-0.39, 0.29) is 17.5 Å². The van der Waals surface area contributed by atoms with E-state index in [9.17, 15) is 19.5 Å². The SMILES string of the molecule is COC(=O)c1cccc(C(=O)N[C@@H](Cc2ccc(Cl)cc2)C(=O)O)c1. The second-order valence-electron chi connectivity index (χ2n) is 5.27. The summed E-state index contributed by atoms with van der Waals surface area (Å²) < 4.78 is 4.60. The molecule has 25 heavy (non-hydrogen) atoms. The van der Waals surface area contributed by atoms with Crippen LogP contribution < -0.4 is 5.32 Å². The lowest BCUT2D eigenvalue weighted by Crippen LogP contribution is -2.42. The van der Waals surface area contributed by atoms with E-state index >= 15 is 0 Å². The Bertz CT molecular complexity index is 788. The van der Waals surface area contributed by atoms with Gasteiger partial charge in [-0.05, 0) is 35.9 Å². The standard InChI is InChI=1S/C18H16ClNO5/c1-25-18(24)13-4-2-3-12(10-13)16(21)20-15(17(22)23)9-11-5-7-14(19)8-6-11/h2-8,10,15H,9H2,1H3,(H,20,21)(H,22,23)/t15-/m0/s1. The van der Waals surface area contributed by atoms with E-state index in [2.05, 4.69) is 10.1 Å². The molecular formula is C18H16ClNO5. The number of aliphatic carboxylic acids is 1. The van der Waals surface area contributed by atoms with E-state index in [0.717, 1.165) is 5.56 Å². The van der Waals surface area contributed by atoms with Gasteiger partial charge in [-0.2, -0.15) is 0 Å². The summed E-state index contributed by atoms with van der Waals surface area (Å²) in [5, 5.41) is 12.3. The predicted molar refractivity (Wildman–Crippen MR) is 91.8 cm³/mol. The minimum absolute atomic E-state index is 0.106. The summed E-state index contributed by atoms with van der Waals surface area (Å²) in [5.41, 5.74) is 1.10. The normalized spacial score (nSPS) is 11.4. The van der Waals surface area contributed by atoms with Gasteiger partial charge in [0, 0.05) is 17.0 Å². The van der Waals surface area contributed by atoms with Gasteiger partial charge in [-0.25, -0.2) is 9.59 Å². The average molecular weight is 362 g/mol. The Morgan fingerprint density at radius 1 is 1.12 bits per heavy atom. The molecule has 0 aliphatic carbocycles. The summed E-state index contributed by atoms with van der Waals surface area (Å²) >= 11 is 5.80. The molecule has 0 saturated heterocycles. The summed E-state index contributed by atoms with van der Waals surface area (Å²) in [5.74, 6) is -2.33. The maximum Gasteiger partial charge on any atom is 0.337 e. The highest BCUT2D eigenvalue weighted by atomic mass is 35.5. The number of methoxy groups -OCH3 is 1. The third kappa shape index (κ3) is 5.06. The zero-order chi connectivity index (χ0) is 18.4. The third-order valence-corrected chi connectivity index (χ3v) is 3.75. The second kappa shape index (κ2) is 8.30. The Morgan fingerprint density at radius 2 is 1.76 bits per heavy atom. The molecule has 6 nitrogen and oxygen atoms in total. The van der Waals surface area contributed by atoms with Gasteiger partial charge in [0.2, 0.25) is 0 Å². The molecule has 0 spiro atoms. The van der Waals surface area contributed by atoms with E-state index in [4.69, 9.17) is 11.6 Å². The van der Waals surface area contributed by atoms with Crippen LogP contribution in [0.25, 0.3) is 0 Å². The Kier molecular flexibility index (Phi) is 6.14. The highest BCUT2D eigenvalue weighted by Crippen LogP contribution is 2.12. The van der Waals surface area contributed by atoms with Crippen molar-refractivity contribution in [2.24, 2.45) is 0 Å². The van der Waals surface area contributed by atoms with Crippen molar-refractivity contribution < 1.29 is 24.2 Å². The van der Waals surface area contributed by atoms with Crippen LogP contribution >= 0.6 is 11.6 Å². The maximum absolute atomic E-state index is 12.3. The number of nitrogens with one attached hydrogen (secondary N) is 1. The van der Waals surface area contributed by atoms with Gasteiger partial charge in [0.05, 0.1) is 12.7 Å². The number of benzene rings is 2. The Balaban J connectivity index is 2.13. The van der Waals surface area contributed by atoms with Gasteiger partial charge in [0.25, 0.3) is 5.91 Å². The molecule has 0 radical (unpaired) electrons. The molecule has 2 rings (SSSR count). The van der Waals surface area contributed by atoms with Crippen molar-refractivity contribution in [2.75, 3.05) is 7.11 Å². The number of amides is 1. The number of carbonyl (C=O) groups is 3. The molecule has 0 aliphatic heterocycles. The van der Waals surface area contributed by atoms with Crippen molar-refractivity contribution in [3.63, 3.8) is 0 Å². The first-order chi connectivity index (χ1) is 11.9. The minimum Gasteiger partial charge on any atom is -0.480 e. The van der Waals surface area contributed by atoms with Crippen LogP contribution in [0, 0.1) is 0 Å². The first kappa shape index (κ1) is 18.5. The molecule has 0 aliphatic rings. The van der Waals surface area contributed by atoms with Crippen molar-refractivity contribution in [3.8, 4) is 0 Å². The van der Waals surface area contributed by atoms with E-state index in [1.807, 2.05) is 0 Å². The van der Waals surface area contributed by atoms with E-state index in [0.29, 0.717) is 5.02 Å². The van der Waals surface area contributed by atoms with Crippen LogP contribution in [0.1, 0.15) is 26.3 Å². The van der Waals surface area contributed by atoms with Crippen molar-refractivity contribution in [3.05, 3.63) is 70.2 Å². The number of rotatable bonds is 6. The number of carboxylic acid groups (broad SMARTS) is 1. The van der Waals surface area contributed by atoms with E-state index in [1.165, 1.54) is 31.4 Å². The van der Waals surface area contributed by atoms with Crippen LogP contribution in [0.5, 0.6) is 0 Å². The topological polar surface area (TPSA) is 92.7 Å². The van der Waals surface area contributed by atoms with Gasteiger partial charge in [-0.1, -0.05) is 29.8 Å². The van der Waals surface area contributed by atoms with Gasteiger partial charge in [-0.15, -0.1) is 0 Å². The number of carboxylic acids is 1. The lowest BCUT2D eigenvalue weighted by Gasteiger charge is -2.15.